The summed E-state index contributed by atoms with van der Waals surface area (Å²) in [4.78, 5) is 11.5. The maximum absolute atomic E-state index is 12.1. The number of carbonyl (C=O) groups excluding carboxylic acids is 1. The molecule has 112 valence electrons. The molecule has 8 nitrogen and oxygen atoms in total. The molecule has 0 aliphatic rings. The van der Waals surface area contributed by atoms with E-state index < -0.39 is 10.0 Å². The lowest BCUT2D eigenvalue weighted by atomic mass is 10.2. The lowest BCUT2D eigenvalue weighted by Gasteiger charge is -2.06. The number of aryl methyl sites for hydroxylation is 1. The van der Waals surface area contributed by atoms with Crippen molar-refractivity contribution >= 4 is 15.9 Å². The number of nitrogens with zero attached hydrogens (tertiary/aromatic N) is 2. The predicted octanol–water partition coefficient (Wildman–Crippen LogP) is 0.216. The number of carbonyl (C=O) groups is 1. The molecular weight excluding hydrogens is 296 g/mol. The van der Waals surface area contributed by atoms with Crippen molar-refractivity contribution in [1.82, 2.24) is 20.4 Å². The molecule has 9 heteroatoms. The van der Waals surface area contributed by atoms with E-state index in [1.807, 2.05) is 0 Å². The highest BCUT2D eigenvalue weighted by molar-refractivity contribution is 7.89. The predicted molar refractivity (Wildman–Crippen MR) is 72.9 cm³/mol. The van der Waals surface area contributed by atoms with Crippen LogP contribution in [0, 0.1) is 6.92 Å². The average Bonchev–Trinajstić information content (AvgIpc) is 2.90. The molecule has 0 atom stereocenters. The van der Waals surface area contributed by atoms with Crippen molar-refractivity contribution in [3.05, 3.63) is 41.2 Å². The molecule has 0 fully saturated rings. The largest absolute Gasteiger partial charge is 0.355 e. The number of sulfonamides is 1. The van der Waals surface area contributed by atoms with Gasteiger partial charge in [0.25, 0.3) is 5.91 Å². The maximum Gasteiger partial charge on any atom is 0.251 e. The third-order valence-electron chi connectivity index (χ3n) is 2.83. The van der Waals surface area contributed by atoms with E-state index in [1.165, 1.54) is 31.3 Å². The second-order valence-electron chi connectivity index (χ2n) is 4.22. The van der Waals surface area contributed by atoms with Crippen LogP contribution in [0.5, 0.6) is 0 Å². The lowest BCUT2D eigenvalue weighted by Crippen LogP contribution is -2.24. The molecule has 0 aliphatic heterocycles. The Kier molecular flexibility index (Phi) is 4.34. The normalized spacial score (nSPS) is 11.3. The molecule has 2 rings (SSSR count). The highest BCUT2D eigenvalue weighted by Gasteiger charge is 2.16. The van der Waals surface area contributed by atoms with Gasteiger partial charge in [-0.05, 0) is 31.2 Å². The summed E-state index contributed by atoms with van der Waals surface area (Å²) < 4.78 is 31.1. The van der Waals surface area contributed by atoms with Crippen molar-refractivity contribution < 1.29 is 17.8 Å². The number of amides is 1. The summed E-state index contributed by atoms with van der Waals surface area (Å²) in [6, 6.07) is 5.61. The van der Waals surface area contributed by atoms with Crippen LogP contribution < -0.4 is 10.0 Å². The number of nitrogens with one attached hydrogen (secondary N) is 2. The monoisotopic (exact) mass is 310 g/mol. The quantitative estimate of drug-likeness (QED) is 0.816. The van der Waals surface area contributed by atoms with Crippen LogP contribution in [-0.4, -0.2) is 31.7 Å². The van der Waals surface area contributed by atoms with Crippen LogP contribution in [0.3, 0.4) is 0 Å². The van der Waals surface area contributed by atoms with Crippen LogP contribution in [-0.2, 0) is 16.6 Å². The van der Waals surface area contributed by atoms with Gasteiger partial charge in [0, 0.05) is 12.6 Å². The molecule has 1 aromatic carbocycles. The fourth-order valence-corrected chi connectivity index (χ4v) is 2.57. The first-order valence-electron chi connectivity index (χ1n) is 6.04. The van der Waals surface area contributed by atoms with Crippen LogP contribution in [0.2, 0.25) is 0 Å². The van der Waals surface area contributed by atoms with E-state index in [1.54, 1.807) is 6.92 Å². The standard InChI is InChI=1S/C12H14N4O4S/c1-8-11(16-20-15-8)7-14-21(18,19)10-5-3-9(4-6-10)12(17)13-2/h3-6,14H,7H2,1-2H3,(H,13,17). The van der Waals surface area contributed by atoms with Gasteiger partial charge in [-0.2, -0.15) is 0 Å². The molecule has 0 radical (unpaired) electrons. The number of aromatic nitrogens is 2. The average molecular weight is 310 g/mol. The van der Waals surface area contributed by atoms with Gasteiger partial charge in [0.05, 0.1) is 11.4 Å². The maximum atomic E-state index is 12.1. The van der Waals surface area contributed by atoms with E-state index in [2.05, 4.69) is 25.0 Å². The molecule has 0 saturated carbocycles. The van der Waals surface area contributed by atoms with Crippen molar-refractivity contribution in [3.8, 4) is 0 Å². The molecule has 2 aromatic rings. The Morgan fingerprint density at radius 2 is 1.90 bits per heavy atom. The molecule has 0 spiro atoms. The highest BCUT2D eigenvalue weighted by atomic mass is 32.2. The van der Waals surface area contributed by atoms with E-state index in [9.17, 15) is 13.2 Å². The van der Waals surface area contributed by atoms with Gasteiger partial charge in [0.15, 0.2) is 0 Å². The zero-order valence-electron chi connectivity index (χ0n) is 11.5. The van der Waals surface area contributed by atoms with Crippen LogP contribution in [0.1, 0.15) is 21.7 Å². The zero-order valence-corrected chi connectivity index (χ0v) is 12.3. The minimum Gasteiger partial charge on any atom is -0.355 e. The molecule has 21 heavy (non-hydrogen) atoms. The SMILES string of the molecule is CNC(=O)c1ccc(S(=O)(=O)NCc2nonc2C)cc1. The van der Waals surface area contributed by atoms with Gasteiger partial charge in [0.1, 0.15) is 11.4 Å². The van der Waals surface area contributed by atoms with Crippen molar-refractivity contribution in [2.24, 2.45) is 0 Å². The van der Waals surface area contributed by atoms with E-state index in [-0.39, 0.29) is 17.3 Å². The Morgan fingerprint density at radius 3 is 2.43 bits per heavy atom. The Bertz CT molecular complexity index is 737. The third kappa shape index (κ3) is 3.44. The van der Waals surface area contributed by atoms with Crippen LogP contribution in [0.25, 0.3) is 0 Å². The second-order valence-corrected chi connectivity index (χ2v) is 5.99. The van der Waals surface area contributed by atoms with Gasteiger partial charge in [-0.1, -0.05) is 10.3 Å². The first-order valence-corrected chi connectivity index (χ1v) is 7.52. The summed E-state index contributed by atoms with van der Waals surface area (Å²) in [7, 11) is -2.19. The Balaban J connectivity index is 2.12. The molecule has 2 N–H and O–H groups in total. The van der Waals surface area contributed by atoms with E-state index in [4.69, 9.17) is 0 Å². The molecule has 0 aliphatic carbocycles. The summed E-state index contributed by atoms with van der Waals surface area (Å²) >= 11 is 0. The number of hydrogen-bond donors (Lipinski definition) is 2. The van der Waals surface area contributed by atoms with Crippen molar-refractivity contribution in [2.45, 2.75) is 18.4 Å². The van der Waals surface area contributed by atoms with E-state index in [0.29, 0.717) is 17.0 Å². The Labute approximate surface area is 121 Å². The minimum atomic E-state index is -3.69. The minimum absolute atomic E-state index is 0.0190. The zero-order chi connectivity index (χ0) is 15.5. The molecule has 1 heterocycles. The van der Waals surface area contributed by atoms with Crippen molar-refractivity contribution in [3.63, 3.8) is 0 Å². The number of benzene rings is 1. The van der Waals surface area contributed by atoms with Gasteiger partial charge in [-0.25, -0.2) is 17.8 Å². The summed E-state index contributed by atoms with van der Waals surface area (Å²) in [6.07, 6.45) is 0. The van der Waals surface area contributed by atoms with Gasteiger partial charge in [-0.15, -0.1) is 0 Å². The van der Waals surface area contributed by atoms with Gasteiger partial charge < -0.3 is 5.32 Å². The molecule has 1 aromatic heterocycles. The molecular formula is C12H14N4O4S. The second kappa shape index (κ2) is 6.02. The van der Waals surface area contributed by atoms with Crippen molar-refractivity contribution in [1.29, 1.82) is 0 Å². The molecule has 0 saturated heterocycles. The van der Waals surface area contributed by atoms with E-state index in [0.717, 1.165) is 0 Å². The first kappa shape index (κ1) is 15.1. The summed E-state index contributed by atoms with van der Waals surface area (Å²) in [5.74, 6) is -0.281. The molecule has 0 unspecified atom stereocenters. The highest BCUT2D eigenvalue weighted by Crippen LogP contribution is 2.11. The lowest BCUT2D eigenvalue weighted by molar-refractivity contribution is 0.0963. The Morgan fingerprint density at radius 1 is 1.24 bits per heavy atom. The number of rotatable bonds is 5. The Hall–Kier alpha value is -2.26. The van der Waals surface area contributed by atoms with E-state index >= 15 is 0 Å². The fraction of sp³-hybridized carbons (Fsp3) is 0.250. The van der Waals surface area contributed by atoms with Gasteiger partial charge in [-0.3, -0.25) is 4.79 Å². The third-order valence-corrected chi connectivity index (χ3v) is 4.25. The number of hydrogen-bond acceptors (Lipinski definition) is 6. The van der Waals surface area contributed by atoms with Crippen LogP contribution >= 0.6 is 0 Å². The van der Waals surface area contributed by atoms with Gasteiger partial charge >= 0.3 is 0 Å². The summed E-state index contributed by atoms with van der Waals surface area (Å²) in [5, 5.41) is 9.62. The molecule has 0 bridgehead atoms. The summed E-state index contributed by atoms with van der Waals surface area (Å²) in [5.41, 5.74) is 1.32. The fourth-order valence-electron chi connectivity index (χ4n) is 1.59. The van der Waals surface area contributed by atoms with Gasteiger partial charge in [0.2, 0.25) is 10.0 Å². The smallest absolute Gasteiger partial charge is 0.251 e. The summed E-state index contributed by atoms with van der Waals surface area (Å²) in [6.45, 7) is 1.65. The molecule has 1 amide bonds. The first-order chi connectivity index (χ1) is 9.94. The van der Waals surface area contributed by atoms with Crippen LogP contribution in [0.4, 0.5) is 0 Å². The van der Waals surface area contributed by atoms with Crippen LogP contribution in [0.15, 0.2) is 33.8 Å². The van der Waals surface area contributed by atoms with Crippen molar-refractivity contribution in [2.75, 3.05) is 7.05 Å². The topological polar surface area (TPSA) is 114 Å².